The van der Waals surface area contributed by atoms with Crippen molar-refractivity contribution >= 4 is 27.5 Å². The topological polar surface area (TPSA) is 16.1 Å². The van der Waals surface area contributed by atoms with Crippen molar-refractivity contribution in [2.75, 3.05) is 19.0 Å². The third-order valence-corrected chi connectivity index (χ3v) is 2.92. The maximum Gasteiger partial charge on any atom is 0.0410 e. The quantitative estimate of drug-likeness (QED) is 0.748. The molecule has 2 nitrogen and oxygen atoms in total. The number of halogens is 2. The minimum atomic E-state index is 0.729. The maximum absolute atomic E-state index is 5.68. The Bertz CT molecular complexity index is 294. The zero-order valence-electron chi connectivity index (χ0n) is 8.92. The van der Waals surface area contributed by atoms with Gasteiger partial charge >= 0.3 is 0 Å². The maximum atomic E-state index is 5.68. The molecule has 0 atom stereocenters. The minimum Gasteiger partial charge on any atom is -0.299 e. The Balaban J connectivity index is 2.50. The van der Waals surface area contributed by atoms with E-state index >= 15 is 0 Å². The van der Waals surface area contributed by atoms with Gasteiger partial charge in [-0.1, -0.05) is 6.92 Å². The standard InChI is InChI=1S/C11H16BrClN2/c1-2-15(5-3-4-13)9-10-6-11(12)8-14-7-10/h6-8H,2-5,9H2,1H3. The largest absolute Gasteiger partial charge is 0.299 e. The van der Waals surface area contributed by atoms with E-state index in [1.54, 1.807) is 6.20 Å². The molecule has 0 fully saturated rings. The predicted octanol–water partition coefficient (Wildman–Crippen LogP) is 3.29. The summed E-state index contributed by atoms with van der Waals surface area (Å²) < 4.78 is 1.04. The number of rotatable bonds is 6. The van der Waals surface area contributed by atoms with Crippen molar-refractivity contribution in [2.24, 2.45) is 0 Å². The van der Waals surface area contributed by atoms with Crippen LogP contribution in [0.5, 0.6) is 0 Å². The van der Waals surface area contributed by atoms with Crippen molar-refractivity contribution < 1.29 is 0 Å². The fourth-order valence-corrected chi connectivity index (χ4v) is 1.96. The highest BCUT2D eigenvalue weighted by Gasteiger charge is 2.03. The van der Waals surface area contributed by atoms with Crippen LogP contribution < -0.4 is 0 Å². The van der Waals surface area contributed by atoms with Crippen molar-refractivity contribution in [3.63, 3.8) is 0 Å². The van der Waals surface area contributed by atoms with E-state index in [1.807, 2.05) is 6.20 Å². The fraction of sp³-hybridized carbons (Fsp3) is 0.545. The molecule has 0 spiro atoms. The van der Waals surface area contributed by atoms with Gasteiger partial charge in [-0.2, -0.15) is 0 Å². The number of hydrogen-bond donors (Lipinski definition) is 0. The summed E-state index contributed by atoms with van der Waals surface area (Å²) in [5.74, 6) is 0.729. The first-order valence-corrected chi connectivity index (χ1v) is 6.46. The smallest absolute Gasteiger partial charge is 0.0410 e. The summed E-state index contributed by atoms with van der Waals surface area (Å²) in [6.07, 6.45) is 4.75. The van der Waals surface area contributed by atoms with Gasteiger partial charge < -0.3 is 0 Å². The first-order chi connectivity index (χ1) is 7.26. The number of pyridine rings is 1. The molecule has 0 radical (unpaired) electrons. The molecule has 0 aliphatic heterocycles. The van der Waals surface area contributed by atoms with E-state index in [0.29, 0.717) is 0 Å². The molecule has 1 aromatic rings. The van der Waals surface area contributed by atoms with Crippen LogP contribution in [0.4, 0.5) is 0 Å². The SMILES string of the molecule is CCN(CCCCl)Cc1cncc(Br)c1. The highest BCUT2D eigenvalue weighted by atomic mass is 79.9. The first-order valence-electron chi connectivity index (χ1n) is 5.14. The van der Waals surface area contributed by atoms with Crippen LogP contribution in [0.15, 0.2) is 22.9 Å². The molecule has 0 N–H and O–H groups in total. The summed E-state index contributed by atoms with van der Waals surface area (Å²) in [5.41, 5.74) is 1.24. The average Bonchev–Trinajstić information content (AvgIpc) is 2.24. The summed E-state index contributed by atoms with van der Waals surface area (Å²) in [6.45, 7) is 5.20. The van der Waals surface area contributed by atoms with Crippen molar-refractivity contribution in [2.45, 2.75) is 19.9 Å². The van der Waals surface area contributed by atoms with E-state index in [2.05, 4.69) is 38.8 Å². The third kappa shape index (κ3) is 4.96. The van der Waals surface area contributed by atoms with Crippen LogP contribution in [0.25, 0.3) is 0 Å². The van der Waals surface area contributed by atoms with Gasteiger partial charge in [-0.25, -0.2) is 0 Å². The van der Waals surface area contributed by atoms with Gasteiger partial charge in [-0.3, -0.25) is 9.88 Å². The molecule has 0 unspecified atom stereocenters. The Kier molecular flexibility index (Phi) is 6.22. The lowest BCUT2D eigenvalue weighted by atomic mass is 10.2. The molecular formula is C11H16BrClN2. The molecule has 1 rings (SSSR count). The van der Waals surface area contributed by atoms with E-state index in [0.717, 1.165) is 36.4 Å². The van der Waals surface area contributed by atoms with Crippen LogP contribution >= 0.6 is 27.5 Å². The van der Waals surface area contributed by atoms with Gasteiger partial charge in [0.25, 0.3) is 0 Å². The van der Waals surface area contributed by atoms with Crippen molar-refractivity contribution in [1.82, 2.24) is 9.88 Å². The molecule has 1 aromatic heterocycles. The van der Waals surface area contributed by atoms with Crippen LogP contribution in [-0.4, -0.2) is 28.9 Å². The molecule has 0 aromatic carbocycles. The van der Waals surface area contributed by atoms with E-state index in [4.69, 9.17) is 11.6 Å². The van der Waals surface area contributed by atoms with Crippen LogP contribution in [0, 0.1) is 0 Å². The van der Waals surface area contributed by atoms with Crippen LogP contribution in [0.1, 0.15) is 18.9 Å². The second-order valence-corrected chi connectivity index (χ2v) is 4.72. The third-order valence-electron chi connectivity index (χ3n) is 2.22. The number of hydrogen-bond acceptors (Lipinski definition) is 2. The zero-order valence-corrected chi connectivity index (χ0v) is 11.3. The Labute approximate surface area is 105 Å². The van der Waals surface area contributed by atoms with Crippen LogP contribution in [0.2, 0.25) is 0 Å². The summed E-state index contributed by atoms with van der Waals surface area (Å²) in [4.78, 5) is 6.52. The molecular weight excluding hydrogens is 275 g/mol. The molecule has 84 valence electrons. The van der Waals surface area contributed by atoms with E-state index in [1.165, 1.54) is 5.56 Å². The lowest BCUT2D eigenvalue weighted by molar-refractivity contribution is 0.281. The molecule has 1 heterocycles. The molecule has 0 aliphatic carbocycles. The van der Waals surface area contributed by atoms with Gasteiger partial charge in [0, 0.05) is 29.3 Å². The highest BCUT2D eigenvalue weighted by molar-refractivity contribution is 9.10. The van der Waals surface area contributed by atoms with Crippen molar-refractivity contribution in [3.05, 3.63) is 28.5 Å². The summed E-state index contributed by atoms with van der Waals surface area (Å²) >= 11 is 9.11. The van der Waals surface area contributed by atoms with Crippen LogP contribution in [-0.2, 0) is 6.54 Å². The number of nitrogens with zero attached hydrogens (tertiary/aromatic N) is 2. The normalized spacial score (nSPS) is 10.9. The number of aromatic nitrogens is 1. The molecule has 0 amide bonds. The summed E-state index contributed by atoms with van der Waals surface area (Å²) in [6, 6.07) is 2.11. The number of alkyl halides is 1. The second-order valence-electron chi connectivity index (χ2n) is 3.42. The van der Waals surface area contributed by atoms with Gasteiger partial charge in [0.2, 0.25) is 0 Å². The van der Waals surface area contributed by atoms with Crippen LogP contribution in [0.3, 0.4) is 0 Å². The lowest BCUT2D eigenvalue weighted by Gasteiger charge is -2.19. The Morgan fingerprint density at radius 1 is 1.47 bits per heavy atom. The molecule has 4 heteroatoms. The van der Waals surface area contributed by atoms with E-state index in [-0.39, 0.29) is 0 Å². The van der Waals surface area contributed by atoms with Crippen molar-refractivity contribution in [3.8, 4) is 0 Å². The van der Waals surface area contributed by atoms with E-state index < -0.39 is 0 Å². The zero-order chi connectivity index (χ0) is 11.1. The predicted molar refractivity (Wildman–Crippen MR) is 68.2 cm³/mol. The fourth-order valence-electron chi connectivity index (χ4n) is 1.43. The second kappa shape index (κ2) is 7.20. The summed E-state index contributed by atoms with van der Waals surface area (Å²) in [5, 5.41) is 0. The highest BCUT2D eigenvalue weighted by Crippen LogP contribution is 2.11. The molecule has 0 aliphatic rings. The van der Waals surface area contributed by atoms with Gasteiger partial charge in [0.15, 0.2) is 0 Å². The molecule has 0 saturated heterocycles. The minimum absolute atomic E-state index is 0.729. The van der Waals surface area contributed by atoms with Gasteiger partial charge in [0.05, 0.1) is 0 Å². The molecule has 0 bridgehead atoms. The summed E-state index contributed by atoms with van der Waals surface area (Å²) in [7, 11) is 0. The lowest BCUT2D eigenvalue weighted by Crippen LogP contribution is -2.24. The van der Waals surface area contributed by atoms with E-state index in [9.17, 15) is 0 Å². The van der Waals surface area contributed by atoms with Gasteiger partial charge in [-0.05, 0) is 47.1 Å². The van der Waals surface area contributed by atoms with Gasteiger partial charge in [-0.15, -0.1) is 11.6 Å². The Morgan fingerprint density at radius 3 is 2.87 bits per heavy atom. The molecule has 0 saturated carbocycles. The monoisotopic (exact) mass is 290 g/mol. The average molecular weight is 292 g/mol. The Hall–Kier alpha value is -0.120. The van der Waals surface area contributed by atoms with Gasteiger partial charge in [0.1, 0.15) is 0 Å². The first kappa shape index (κ1) is 12.9. The Morgan fingerprint density at radius 2 is 2.27 bits per heavy atom. The van der Waals surface area contributed by atoms with Crippen molar-refractivity contribution in [1.29, 1.82) is 0 Å². The molecule has 15 heavy (non-hydrogen) atoms.